The van der Waals surface area contributed by atoms with Crippen LogP contribution in [-0.2, 0) is 10.0 Å². The topological polar surface area (TPSA) is 90.3 Å². The SMILES string of the molecule is C[C@H](CO)N1C[C@H](C)[C@@H](CN(C)CC2CC2)Oc2cc(C#CC3(O)CCCC3)ccc2S1(=O)=O. The monoisotopic (exact) mass is 490 g/mol. The van der Waals surface area contributed by atoms with Crippen LogP contribution in [0.4, 0.5) is 0 Å². The summed E-state index contributed by atoms with van der Waals surface area (Å²) in [5.74, 6) is 7.00. The van der Waals surface area contributed by atoms with E-state index in [0.717, 1.165) is 25.3 Å². The van der Waals surface area contributed by atoms with Crippen LogP contribution in [0, 0.1) is 23.7 Å². The smallest absolute Gasteiger partial charge is 0.247 e. The first kappa shape index (κ1) is 25.5. The highest BCUT2D eigenvalue weighted by Gasteiger charge is 2.38. The summed E-state index contributed by atoms with van der Waals surface area (Å²) < 4.78 is 35.0. The quantitative estimate of drug-likeness (QED) is 0.596. The molecule has 3 aliphatic rings. The van der Waals surface area contributed by atoms with Crippen molar-refractivity contribution in [2.45, 2.75) is 75.0 Å². The minimum Gasteiger partial charge on any atom is -0.487 e. The van der Waals surface area contributed by atoms with E-state index in [1.54, 1.807) is 25.1 Å². The van der Waals surface area contributed by atoms with Crippen LogP contribution in [-0.4, -0.2) is 78.9 Å². The van der Waals surface area contributed by atoms with Gasteiger partial charge < -0.3 is 19.8 Å². The fraction of sp³-hybridized carbons (Fsp3) is 0.692. The fourth-order valence-corrected chi connectivity index (χ4v) is 6.74. The van der Waals surface area contributed by atoms with Gasteiger partial charge in [0.1, 0.15) is 22.4 Å². The van der Waals surface area contributed by atoms with Gasteiger partial charge in [-0.05, 0) is 76.6 Å². The Labute approximate surface area is 204 Å². The minimum atomic E-state index is -3.87. The average molecular weight is 491 g/mol. The molecule has 34 heavy (non-hydrogen) atoms. The van der Waals surface area contributed by atoms with E-state index in [4.69, 9.17) is 4.74 Å². The first-order valence-corrected chi connectivity index (χ1v) is 13.9. The first-order chi connectivity index (χ1) is 16.1. The number of hydrogen-bond acceptors (Lipinski definition) is 6. The molecule has 2 fully saturated rings. The lowest BCUT2D eigenvalue weighted by atomic mass is 10.0. The van der Waals surface area contributed by atoms with Gasteiger partial charge in [-0.15, -0.1) is 0 Å². The van der Waals surface area contributed by atoms with Crippen molar-refractivity contribution in [3.05, 3.63) is 23.8 Å². The molecule has 7 nitrogen and oxygen atoms in total. The van der Waals surface area contributed by atoms with E-state index in [0.29, 0.717) is 24.9 Å². The molecule has 0 saturated heterocycles. The molecule has 0 bridgehead atoms. The summed E-state index contributed by atoms with van der Waals surface area (Å²) in [5, 5.41) is 20.4. The third kappa shape index (κ3) is 5.77. The van der Waals surface area contributed by atoms with Crippen molar-refractivity contribution in [2.75, 3.05) is 33.3 Å². The van der Waals surface area contributed by atoms with Crippen molar-refractivity contribution in [2.24, 2.45) is 11.8 Å². The maximum Gasteiger partial charge on any atom is 0.247 e. The van der Waals surface area contributed by atoms with Gasteiger partial charge in [0.25, 0.3) is 0 Å². The summed E-state index contributed by atoms with van der Waals surface area (Å²) in [4.78, 5) is 2.37. The lowest BCUT2D eigenvalue weighted by molar-refractivity contribution is 0.0740. The average Bonchev–Trinajstić information content (AvgIpc) is 3.50. The molecular formula is C26H38N2O5S. The summed E-state index contributed by atoms with van der Waals surface area (Å²) >= 11 is 0. The van der Waals surface area contributed by atoms with Crippen LogP contribution in [0.3, 0.4) is 0 Å². The second-order valence-electron chi connectivity index (χ2n) is 10.6. The number of fused-ring (bicyclic) bond motifs is 1. The molecule has 188 valence electrons. The fourth-order valence-electron chi connectivity index (χ4n) is 4.92. The van der Waals surface area contributed by atoms with Gasteiger partial charge in [-0.25, -0.2) is 8.42 Å². The largest absolute Gasteiger partial charge is 0.487 e. The van der Waals surface area contributed by atoms with E-state index in [1.807, 2.05) is 6.92 Å². The van der Waals surface area contributed by atoms with E-state index < -0.39 is 21.7 Å². The molecule has 1 aromatic carbocycles. The van der Waals surface area contributed by atoms with Crippen LogP contribution in [0.25, 0.3) is 0 Å². The number of ether oxygens (including phenoxy) is 1. The molecule has 0 aromatic heterocycles. The maximum atomic E-state index is 13.6. The second kappa shape index (κ2) is 10.2. The molecule has 0 unspecified atom stereocenters. The molecule has 1 heterocycles. The van der Waals surface area contributed by atoms with Crippen molar-refractivity contribution in [3.8, 4) is 17.6 Å². The number of rotatable bonds is 6. The zero-order chi connectivity index (χ0) is 24.5. The summed E-state index contributed by atoms with van der Waals surface area (Å²) in [7, 11) is -1.78. The Morgan fingerprint density at radius 2 is 1.97 bits per heavy atom. The van der Waals surface area contributed by atoms with E-state index >= 15 is 0 Å². The van der Waals surface area contributed by atoms with E-state index in [1.165, 1.54) is 17.1 Å². The zero-order valence-corrected chi connectivity index (χ0v) is 21.4. The van der Waals surface area contributed by atoms with Crippen LogP contribution in [0.15, 0.2) is 23.1 Å². The first-order valence-electron chi connectivity index (χ1n) is 12.5. The number of aliphatic hydroxyl groups excluding tert-OH is 1. The van der Waals surface area contributed by atoms with Crippen molar-refractivity contribution in [3.63, 3.8) is 0 Å². The van der Waals surface area contributed by atoms with Gasteiger partial charge in [-0.2, -0.15) is 4.31 Å². The second-order valence-corrected chi connectivity index (χ2v) is 12.4. The van der Waals surface area contributed by atoms with Gasteiger partial charge in [0.05, 0.1) is 6.61 Å². The molecule has 2 saturated carbocycles. The predicted molar refractivity (Wildman–Crippen MR) is 131 cm³/mol. The molecule has 1 aromatic rings. The summed E-state index contributed by atoms with van der Waals surface area (Å²) in [6, 6.07) is 4.36. The van der Waals surface area contributed by atoms with Gasteiger partial charge in [-0.1, -0.05) is 18.8 Å². The molecule has 2 aliphatic carbocycles. The number of nitrogens with zero attached hydrogens (tertiary/aromatic N) is 2. The van der Waals surface area contributed by atoms with Gasteiger partial charge in [0.15, 0.2) is 0 Å². The third-order valence-electron chi connectivity index (χ3n) is 7.30. The van der Waals surface area contributed by atoms with Gasteiger partial charge in [0.2, 0.25) is 10.0 Å². The number of hydrogen-bond donors (Lipinski definition) is 2. The Morgan fingerprint density at radius 3 is 2.62 bits per heavy atom. The Kier molecular flexibility index (Phi) is 7.61. The number of benzene rings is 1. The Morgan fingerprint density at radius 1 is 1.26 bits per heavy atom. The molecule has 1 aliphatic heterocycles. The van der Waals surface area contributed by atoms with Crippen LogP contribution in [0.2, 0.25) is 0 Å². The molecular weight excluding hydrogens is 452 g/mol. The van der Waals surface area contributed by atoms with Crippen LogP contribution in [0.1, 0.15) is 57.9 Å². The van der Waals surface area contributed by atoms with E-state index in [9.17, 15) is 18.6 Å². The highest BCUT2D eigenvalue weighted by atomic mass is 32.2. The summed E-state index contributed by atoms with van der Waals surface area (Å²) in [6.45, 7) is 5.46. The Balaban J connectivity index is 1.69. The summed E-state index contributed by atoms with van der Waals surface area (Å²) in [6.07, 6.45) is 5.57. The molecule has 2 N–H and O–H groups in total. The third-order valence-corrected chi connectivity index (χ3v) is 9.32. The molecule has 0 amide bonds. The normalized spacial score (nSPS) is 27.1. The number of aliphatic hydroxyl groups is 2. The Hall–Kier alpha value is -1.63. The van der Waals surface area contributed by atoms with E-state index in [2.05, 4.69) is 23.8 Å². The molecule has 8 heteroatoms. The lowest BCUT2D eigenvalue weighted by Crippen LogP contribution is -2.49. The standard InChI is InChI=1S/C26H38N2O5S/c1-19-15-28(20(2)18-29)34(31,32)25-9-8-21(10-13-26(30)11-4-5-12-26)14-23(25)33-24(19)17-27(3)16-22-6-7-22/h8-9,14,19-20,22,24,29-30H,4-7,11-12,15-18H2,1-3H3/t19-,20+,24+/m0/s1. The lowest BCUT2D eigenvalue weighted by Gasteiger charge is -2.37. The van der Waals surface area contributed by atoms with E-state index in [-0.39, 0.29) is 35.8 Å². The molecule has 0 spiro atoms. The molecule has 4 rings (SSSR count). The van der Waals surface area contributed by atoms with Gasteiger partial charge >= 0.3 is 0 Å². The van der Waals surface area contributed by atoms with Crippen molar-refractivity contribution in [1.82, 2.24) is 9.21 Å². The van der Waals surface area contributed by atoms with Crippen LogP contribution >= 0.6 is 0 Å². The minimum absolute atomic E-state index is 0.0764. The van der Waals surface area contributed by atoms with Crippen LogP contribution in [0.5, 0.6) is 5.75 Å². The molecule has 0 radical (unpaired) electrons. The maximum absolute atomic E-state index is 13.6. The predicted octanol–water partition coefficient (Wildman–Crippen LogP) is 2.45. The van der Waals surface area contributed by atoms with Gasteiger partial charge in [0, 0.05) is 37.2 Å². The van der Waals surface area contributed by atoms with Crippen molar-refractivity contribution < 1.29 is 23.4 Å². The van der Waals surface area contributed by atoms with Crippen molar-refractivity contribution in [1.29, 1.82) is 0 Å². The number of sulfonamides is 1. The van der Waals surface area contributed by atoms with Gasteiger partial charge in [-0.3, -0.25) is 0 Å². The molecule has 3 atom stereocenters. The van der Waals surface area contributed by atoms with Crippen LogP contribution < -0.4 is 4.74 Å². The highest BCUT2D eigenvalue weighted by Crippen LogP contribution is 2.35. The highest BCUT2D eigenvalue weighted by molar-refractivity contribution is 7.89. The Bertz CT molecular complexity index is 1040. The van der Waals surface area contributed by atoms with Crippen molar-refractivity contribution >= 4 is 10.0 Å². The zero-order valence-electron chi connectivity index (χ0n) is 20.5. The number of likely N-dealkylation sites (N-methyl/N-ethyl adjacent to an activating group) is 1. The summed E-state index contributed by atoms with van der Waals surface area (Å²) in [5.41, 5.74) is -0.345.